The van der Waals surface area contributed by atoms with E-state index in [1.165, 1.54) is 12.4 Å². The van der Waals surface area contributed by atoms with E-state index in [1.54, 1.807) is 0 Å². The fraction of sp³-hybridized carbons (Fsp3) is 0.190. The van der Waals surface area contributed by atoms with Crippen molar-refractivity contribution < 1.29 is 30.4 Å². The number of alkyl halides is 3. The van der Waals surface area contributed by atoms with E-state index < -0.39 is 33.4 Å². The first kappa shape index (κ1) is 21.2. The predicted molar refractivity (Wildman–Crippen MR) is 104 cm³/mol. The van der Waals surface area contributed by atoms with Crippen molar-refractivity contribution in [2.24, 2.45) is 0 Å². The molecule has 0 radical (unpaired) electrons. The van der Waals surface area contributed by atoms with Gasteiger partial charge in [0.05, 0.1) is 22.3 Å². The minimum atomic E-state index is -4.69. The second-order valence-electron chi connectivity index (χ2n) is 7.01. The number of aromatic nitrogens is 1. The molecule has 3 aromatic rings. The Morgan fingerprint density at radius 1 is 0.935 bits per heavy atom. The fourth-order valence-corrected chi connectivity index (χ4v) is 5.12. The summed E-state index contributed by atoms with van der Waals surface area (Å²) >= 11 is 0. The molecule has 31 heavy (non-hydrogen) atoms. The zero-order valence-electron chi connectivity index (χ0n) is 15.8. The topological polar surface area (TPSA) is 50.3 Å². The van der Waals surface area contributed by atoms with Crippen LogP contribution in [-0.4, -0.2) is 19.9 Å². The van der Waals surface area contributed by atoms with Crippen molar-refractivity contribution >= 4 is 15.7 Å². The number of hydrogen-bond donors (Lipinski definition) is 0. The molecule has 1 aromatic heterocycles. The minimum absolute atomic E-state index is 0.0987. The average Bonchev–Trinajstić information content (AvgIpc) is 2.72. The molecule has 1 aliphatic heterocycles. The van der Waals surface area contributed by atoms with Crippen LogP contribution in [0.25, 0.3) is 11.1 Å². The number of pyridine rings is 1. The van der Waals surface area contributed by atoms with Gasteiger partial charge in [-0.25, -0.2) is 17.2 Å². The summed E-state index contributed by atoms with van der Waals surface area (Å²) in [6, 6.07) is 6.55. The van der Waals surface area contributed by atoms with Crippen LogP contribution in [0.15, 0.2) is 59.8 Å². The molecule has 0 spiro atoms. The molecule has 4 nitrogen and oxygen atoms in total. The number of rotatable bonds is 3. The molecule has 0 amide bonds. The molecule has 0 aliphatic carbocycles. The summed E-state index contributed by atoms with van der Waals surface area (Å²) in [5.41, 5.74) is -0.314. The zero-order chi connectivity index (χ0) is 22.4. The summed E-state index contributed by atoms with van der Waals surface area (Å²) in [5.74, 6) is -1.66. The maximum atomic E-state index is 14.6. The number of benzene rings is 2. The second-order valence-corrected chi connectivity index (χ2v) is 8.87. The lowest BCUT2D eigenvalue weighted by Gasteiger charge is -2.31. The van der Waals surface area contributed by atoms with E-state index in [1.807, 2.05) is 0 Å². The van der Waals surface area contributed by atoms with Crippen LogP contribution in [0.5, 0.6) is 0 Å². The van der Waals surface area contributed by atoms with Gasteiger partial charge in [-0.1, -0.05) is 6.07 Å². The lowest BCUT2D eigenvalue weighted by atomic mass is 9.94. The normalized spacial score (nSPS) is 14.4. The molecule has 0 fully saturated rings. The maximum Gasteiger partial charge on any atom is 0.416 e. The molecule has 0 saturated heterocycles. The van der Waals surface area contributed by atoms with E-state index in [9.17, 15) is 30.4 Å². The molecule has 162 valence electrons. The third kappa shape index (κ3) is 3.87. The lowest BCUT2D eigenvalue weighted by molar-refractivity contribution is -0.137. The number of nitrogens with zero attached hydrogens (tertiary/aromatic N) is 2. The molecule has 10 heteroatoms. The van der Waals surface area contributed by atoms with Gasteiger partial charge in [0.1, 0.15) is 11.6 Å². The van der Waals surface area contributed by atoms with Gasteiger partial charge < -0.3 is 0 Å². The highest BCUT2D eigenvalue weighted by atomic mass is 32.2. The monoisotopic (exact) mass is 454 g/mol. The van der Waals surface area contributed by atoms with E-state index in [0.29, 0.717) is 24.5 Å². The summed E-state index contributed by atoms with van der Waals surface area (Å²) in [7, 11) is -4.04. The summed E-state index contributed by atoms with van der Waals surface area (Å²) in [5, 5.41) is 0. The summed E-state index contributed by atoms with van der Waals surface area (Å²) in [6.45, 7) is 0.132. The Morgan fingerprint density at radius 2 is 1.65 bits per heavy atom. The van der Waals surface area contributed by atoms with Crippen molar-refractivity contribution in [2.75, 3.05) is 10.8 Å². The van der Waals surface area contributed by atoms with Crippen LogP contribution in [0.3, 0.4) is 0 Å². The van der Waals surface area contributed by atoms with E-state index in [-0.39, 0.29) is 28.3 Å². The third-order valence-corrected chi connectivity index (χ3v) is 6.91. The molecule has 0 bridgehead atoms. The number of anilines is 1. The standard InChI is InChI=1S/C21H15F5N2O2S/c22-14-4-6-15(7-5-14)31(29,30)28-9-1-2-17-18(11-27-12-20(17)28)16-8-3-13(10-19(16)23)21(24,25)26/h3-8,10-12H,1-2,9H2. The van der Waals surface area contributed by atoms with Crippen LogP contribution in [-0.2, 0) is 22.6 Å². The molecular formula is C21H15F5N2O2S. The Bertz CT molecular complexity index is 1240. The van der Waals surface area contributed by atoms with E-state index in [0.717, 1.165) is 40.7 Å². The quantitative estimate of drug-likeness (QED) is 0.512. The molecule has 0 atom stereocenters. The van der Waals surface area contributed by atoms with Crippen LogP contribution in [0.2, 0.25) is 0 Å². The highest BCUT2D eigenvalue weighted by Crippen LogP contribution is 2.39. The number of halogens is 5. The molecule has 1 aliphatic rings. The Morgan fingerprint density at radius 3 is 2.29 bits per heavy atom. The number of fused-ring (bicyclic) bond motifs is 1. The van der Waals surface area contributed by atoms with Gasteiger partial charge in [0.15, 0.2) is 0 Å². The lowest BCUT2D eigenvalue weighted by Crippen LogP contribution is -2.35. The first-order valence-electron chi connectivity index (χ1n) is 9.21. The van der Waals surface area contributed by atoms with Crippen LogP contribution < -0.4 is 4.31 Å². The van der Waals surface area contributed by atoms with Crippen molar-refractivity contribution in [2.45, 2.75) is 23.9 Å². The third-order valence-electron chi connectivity index (χ3n) is 5.08. The van der Waals surface area contributed by atoms with Crippen molar-refractivity contribution in [3.63, 3.8) is 0 Å². The summed E-state index contributed by atoms with van der Waals surface area (Å²) in [6.07, 6.45) is -1.26. The number of sulfonamides is 1. The number of hydrogen-bond acceptors (Lipinski definition) is 3. The van der Waals surface area contributed by atoms with Crippen molar-refractivity contribution in [1.82, 2.24) is 4.98 Å². The summed E-state index contributed by atoms with van der Waals surface area (Å²) < 4.78 is 93.7. The summed E-state index contributed by atoms with van der Waals surface area (Å²) in [4.78, 5) is 3.89. The Labute approximate surface area is 175 Å². The van der Waals surface area contributed by atoms with Crippen molar-refractivity contribution in [1.29, 1.82) is 0 Å². The first-order chi connectivity index (χ1) is 14.6. The van der Waals surface area contributed by atoms with Crippen LogP contribution in [0.1, 0.15) is 17.5 Å². The Hall–Kier alpha value is -3.01. The molecule has 2 aromatic carbocycles. The molecule has 0 unspecified atom stereocenters. The van der Waals surface area contributed by atoms with E-state index >= 15 is 0 Å². The van der Waals surface area contributed by atoms with Gasteiger partial charge in [0.2, 0.25) is 0 Å². The van der Waals surface area contributed by atoms with Crippen LogP contribution >= 0.6 is 0 Å². The van der Waals surface area contributed by atoms with E-state index in [4.69, 9.17) is 0 Å². The molecule has 0 N–H and O–H groups in total. The molecule has 4 rings (SSSR count). The second kappa shape index (κ2) is 7.60. The predicted octanol–water partition coefficient (Wildman–Crippen LogP) is 5.19. The van der Waals surface area contributed by atoms with Gasteiger partial charge >= 0.3 is 6.18 Å². The molecule has 2 heterocycles. The van der Waals surface area contributed by atoms with Crippen molar-refractivity contribution in [3.05, 3.63) is 77.6 Å². The van der Waals surface area contributed by atoms with Gasteiger partial charge in [-0.2, -0.15) is 13.2 Å². The van der Waals surface area contributed by atoms with E-state index in [2.05, 4.69) is 4.98 Å². The van der Waals surface area contributed by atoms with Gasteiger partial charge in [-0.05, 0) is 54.8 Å². The van der Waals surface area contributed by atoms with Crippen molar-refractivity contribution in [3.8, 4) is 11.1 Å². The SMILES string of the molecule is O=S(=O)(c1ccc(F)cc1)N1CCCc2c(-c3ccc(C(F)(F)F)cc3F)cncc21. The van der Waals surface area contributed by atoms with Gasteiger partial charge in [0.25, 0.3) is 10.0 Å². The largest absolute Gasteiger partial charge is 0.416 e. The van der Waals surface area contributed by atoms with Gasteiger partial charge in [0, 0.05) is 23.9 Å². The van der Waals surface area contributed by atoms with Gasteiger partial charge in [-0.15, -0.1) is 0 Å². The maximum absolute atomic E-state index is 14.6. The van der Waals surface area contributed by atoms with Gasteiger partial charge in [-0.3, -0.25) is 9.29 Å². The smallest absolute Gasteiger partial charge is 0.264 e. The molecular weight excluding hydrogens is 439 g/mol. The first-order valence-corrected chi connectivity index (χ1v) is 10.7. The average molecular weight is 454 g/mol. The zero-order valence-corrected chi connectivity index (χ0v) is 16.6. The Balaban J connectivity index is 1.81. The van der Waals surface area contributed by atoms with Crippen LogP contribution in [0, 0.1) is 11.6 Å². The highest BCUT2D eigenvalue weighted by Gasteiger charge is 2.33. The minimum Gasteiger partial charge on any atom is -0.264 e. The Kier molecular flexibility index (Phi) is 5.20. The fourth-order valence-electron chi connectivity index (χ4n) is 3.60. The van der Waals surface area contributed by atoms with Crippen LogP contribution in [0.4, 0.5) is 27.6 Å². The molecule has 0 saturated carbocycles. The highest BCUT2D eigenvalue weighted by molar-refractivity contribution is 7.92.